The van der Waals surface area contributed by atoms with E-state index >= 15 is 0 Å². The maximum atomic E-state index is 10.4. The van der Waals surface area contributed by atoms with E-state index in [1.54, 1.807) is 0 Å². The maximum absolute atomic E-state index is 10.4. The Kier molecular flexibility index (Phi) is 22.3. The number of rotatable bonds is 11. The van der Waals surface area contributed by atoms with Crippen LogP contribution >= 0.6 is 0 Å². The Hall–Kier alpha value is 1.40. The van der Waals surface area contributed by atoms with Crippen LogP contribution in [0.5, 0.6) is 0 Å². The molecule has 0 rings (SSSR count). The summed E-state index contributed by atoms with van der Waals surface area (Å²) >= 11 is 0. The third-order valence-electron chi connectivity index (χ3n) is 2.76. The van der Waals surface area contributed by atoms with Crippen molar-refractivity contribution in [3.05, 3.63) is 0 Å². The summed E-state index contributed by atoms with van der Waals surface area (Å²) in [6, 6.07) is 0. The predicted octanol–water partition coefficient (Wildman–Crippen LogP) is 3.14. The SMILES string of the molecule is CCCCCCCCCCCCS(=O)(=O)O.[NaH].[Ni]. The van der Waals surface area contributed by atoms with Gasteiger partial charge in [0.15, 0.2) is 0 Å². The van der Waals surface area contributed by atoms with Crippen LogP contribution < -0.4 is 0 Å². The summed E-state index contributed by atoms with van der Waals surface area (Å²) in [5, 5.41) is 0. The van der Waals surface area contributed by atoms with Gasteiger partial charge in [-0.1, -0.05) is 64.7 Å². The first-order valence-electron chi connectivity index (χ1n) is 6.51. The van der Waals surface area contributed by atoms with Gasteiger partial charge in [0.25, 0.3) is 10.1 Å². The van der Waals surface area contributed by atoms with Gasteiger partial charge in [-0.2, -0.15) is 8.42 Å². The summed E-state index contributed by atoms with van der Waals surface area (Å²) in [4.78, 5) is 0. The van der Waals surface area contributed by atoms with E-state index in [-0.39, 0.29) is 51.8 Å². The molecule has 0 radical (unpaired) electrons. The molecule has 6 heteroatoms. The normalized spacial score (nSPS) is 10.6. The van der Waals surface area contributed by atoms with Gasteiger partial charge in [-0.25, -0.2) is 0 Å². The minimum atomic E-state index is -3.73. The van der Waals surface area contributed by atoms with Crippen LogP contribution in [0.3, 0.4) is 0 Å². The molecular weight excluding hydrogens is 306 g/mol. The molecule has 18 heavy (non-hydrogen) atoms. The van der Waals surface area contributed by atoms with Crippen molar-refractivity contribution in [3.8, 4) is 0 Å². The topological polar surface area (TPSA) is 54.4 Å². The molecule has 0 bridgehead atoms. The molecule has 0 aromatic heterocycles. The van der Waals surface area contributed by atoms with Crippen LogP contribution in [-0.4, -0.2) is 48.3 Å². The second kappa shape index (κ2) is 16.5. The molecule has 3 nitrogen and oxygen atoms in total. The van der Waals surface area contributed by atoms with Crippen molar-refractivity contribution in [1.29, 1.82) is 0 Å². The van der Waals surface area contributed by atoms with E-state index < -0.39 is 10.1 Å². The summed E-state index contributed by atoms with van der Waals surface area (Å²) in [6.07, 6.45) is 11.7. The molecule has 1 N–H and O–H groups in total. The Morgan fingerprint density at radius 1 is 0.778 bits per heavy atom. The third kappa shape index (κ3) is 22.6. The standard InChI is InChI=1S/C12H26O3S.Na.Ni.H/c1-2-3-4-5-6-7-8-9-10-11-12-16(13,14)15;;;/h2-12H2,1H3,(H,13,14,15);;;. The summed E-state index contributed by atoms with van der Waals surface area (Å²) in [5.41, 5.74) is 0. The fraction of sp³-hybridized carbons (Fsp3) is 1.00. The van der Waals surface area contributed by atoms with Gasteiger partial charge < -0.3 is 0 Å². The number of hydrogen-bond donors (Lipinski definition) is 1. The largest absolute Gasteiger partial charge is 0 e. The zero-order valence-corrected chi connectivity index (χ0v) is 12.6. The Bertz CT molecular complexity index is 246. The Balaban J connectivity index is -0.00000112. The van der Waals surface area contributed by atoms with Crippen molar-refractivity contribution in [2.24, 2.45) is 0 Å². The first-order valence-corrected chi connectivity index (χ1v) is 8.12. The Morgan fingerprint density at radius 2 is 1.11 bits per heavy atom. The van der Waals surface area contributed by atoms with E-state index in [2.05, 4.69) is 6.92 Å². The molecule has 110 valence electrons. The van der Waals surface area contributed by atoms with E-state index in [1.165, 1.54) is 44.9 Å². The summed E-state index contributed by atoms with van der Waals surface area (Å²) < 4.78 is 29.4. The van der Waals surface area contributed by atoms with E-state index in [4.69, 9.17) is 4.55 Å². The molecule has 0 atom stereocenters. The molecule has 0 aromatic rings. The summed E-state index contributed by atoms with van der Waals surface area (Å²) in [5.74, 6) is -0.0799. The molecule has 0 aliphatic carbocycles. The first kappa shape index (κ1) is 24.4. The van der Waals surface area contributed by atoms with Gasteiger partial charge in [-0.3, -0.25) is 4.55 Å². The molecule has 0 unspecified atom stereocenters. The van der Waals surface area contributed by atoms with E-state index in [9.17, 15) is 8.42 Å². The summed E-state index contributed by atoms with van der Waals surface area (Å²) in [7, 11) is -3.73. The number of hydrogen-bond acceptors (Lipinski definition) is 2. The first-order chi connectivity index (χ1) is 7.56. The van der Waals surface area contributed by atoms with Crippen molar-refractivity contribution < 1.29 is 29.5 Å². The Labute approximate surface area is 145 Å². The minimum Gasteiger partial charge on any atom is 0 e. The quantitative estimate of drug-likeness (QED) is 0.359. The van der Waals surface area contributed by atoms with Crippen molar-refractivity contribution in [2.75, 3.05) is 5.75 Å². The maximum Gasteiger partial charge on any atom is 0 e. The van der Waals surface area contributed by atoms with E-state index in [0.717, 1.165) is 12.8 Å². The monoisotopic (exact) mass is 332 g/mol. The summed E-state index contributed by atoms with van der Waals surface area (Å²) in [6.45, 7) is 2.22. The average molecular weight is 333 g/mol. The van der Waals surface area contributed by atoms with Gasteiger partial charge in [0.2, 0.25) is 0 Å². The number of unbranched alkanes of at least 4 members (excludes halogenated alkanes) is 9. The third-order valence-corrected chi connectivity index (χ3v) is 3.56. The zero-order chi connectivity index (χ0) is 12.3. The molecular formula is C12H27NaNiO3S. The van der Waals surface area contributed by atoms with Gasteiger partial charge in [-0.15, -0.1) is 0 Å². The van der Waals surface area contributed by atoms with Gasteiger partial charge in [-0.05, 0) is 6.42 Å². The second-order valence-electron chi connectivity index (χ2n) is 4.47. The van der Waals surface area contributed by atoms with Gasteiger partial charge in [0.1, 0.15) is 0 Å². The van der Waals surface area contributed by atoms with Crippen LogP contribution in [-0.2, 0) is 26.6 Å². The van der Waals surface area contributed by atoms with Gasteiger partial charge >= 0.3 is 29.6 Å². The molecule has 0 fully saturated rings. The predicted molar refractivity (Wildman–Crippen MR) is 75.4 cm³/mol. The molecule has 0 saturated carbocycles. The molecule has 0 spiro atoms. The molecule has 0 aliphatic heterocycles. The van der Waals surface area contributed by atoms with Crippen molar-refractivity contribution in [3.63, 3.8) is 0 Å². The van der Waals surface area contributed by atoms with Crippen LogP contribution in [0, 0.1) is 0 Å². The minimum absolute atomic E-state index is 0. The van der Waals surface area contributed by atoms with E-state index in [0.29, 0.717) is 6.42 Å². The van der Waals surface area contributed by atoms with Crippen molar-refractivity contribution in [2.45, 2.75) is 71.1 Å². The van der Waals surface area contributed by atoms with Crippen LogP contribution in [0.1, 0.15) is 71.1 Å². The fourth-order valence-electron chi connectivity index (χ4n) is 1.77. The van der Waals surface area contributed by atoms with E-state index in [1.807, 2.05) is 0 Å². The molecule has 0 amide bonds. The smallest absolute Gasteiger partial charge is 0 e. The zero-order valence-electron chi connectivity index (χ0n) is 10.8. The van der Waals surface area contributed by atoms with Gasteiger partial charge in [0, 0.05) is 16.5 Å². The Morgan fingerprint density at radius 3 is 1.44 bits per heavy atom. The average Bonchev–Trinajstić information content (AvgIpc) is 2.19. The molecule has 0 aliphatic rings. The van der Waals surface area contributed by atoms with Crippen LogP contribution in [0.15, 0.2) is 0 Å². The van der Waals surface area contributed by atoms with Gasteiger partial charge in [0.05, 0.1) is 5.75 Å². The van der Waals surface area contributed by atoms with Crippen LogP contribution in [0.4, 0.5) is 0 Å². The van der Waals surface area contributed by atoms with Crippen molar-refractivity contribution >= 4 is 39.7 Å². The van der Waals surface area contributed by atoms with Crippen LogP contribution in [0.2, 0.25) is 0 Å². The fourth-order valence-corrected chi connectivity index (χ4v) is 2.34. The molecule has 0 heterocycles. The van der Waals surface area contributed by atoms with Crippen molar-refractivity contribution in [1.82, 2.24) is 0 Å². The molecule has 0 saturated heterocycles. The van der Waals surface area contributed by atoms with Crippen LogP contribution in [0.25, 0.3) is 0 Å². The second-order valence-corrected chi connectivity index (χ2v) is 6.04. The molecule has 0 aromatic carbocycles.